The van der Waals surface area contributed by atoms with Gasteiger partial charge in [-0.05, 0) is 37.2 Å². The van der Waals surface area contributed by atoms with Gasteiger partial charge in [0.05, 0.1) is 11.8 Å². The first-order chi connectivity index (χ1) is 12.7. The van der Waals surface area contributed by atoms with Crippen LogP contribution in [0.15, 0.2) is 42.9 Å². The lowest BCUT2D eigenvalue weighted by Crippen LogP contribution is -2.36. The number of aromatic nitrogens is 3. The molecule has 0 aromatic carbocycles. The fourth-order valence-electron chi connectivity index (χ4n) is 2.94. The van der Waals surface area contributed by atoms with Crippen molar-refractivity contribution in [3.63, 3.8) is 0 Å². The van der Waals surface area contributed by atoms with Crippen LogP contribution in [0.5, 0.6) is 0 Å². The van der Waals surface area contributed by atoms with Crippen molar-refractivity contribution in [2.45, 2.75) is 12.5 Å². The fraction of sp³-hybridized carbons (Fsp3) is 0.222. The average molecular weight is 347 g/mol. The van der Waals surface area contributed by atoms with E-state index in [-0.39, 0.29) is 11.9 Å². The van der Waals surface area contributed by atoms with Crippen LogP contribution in [0.3, 0.4) is 0 Å². The number of carbonyl (C=O) groups is 1. The highest BCUT2D eigenvalue weighted by molar-refractivity contribution is 5.95. The van der Waals surface area contributed by atoms with Gasteiger partial charge in [-0.3, -0.25) is 4.79 Å². The molecule has 1 atom stereocenters. The summed E-state index contributed by atoms with van der Waals surface area (Å²) in [6.07, 6.45) is 6.01. The van der Waals surface area contributed by atoms with E-state index < -0.39 is 0 Å². The summed E-state index contributed by atoms with van der Waals surface area (Å²) in [5.74, 6) is 1.01. The quantitative estimate of drug-likeness (QED) is 0.659. The van der Waals surface area contributed by atoms with Crippen LogP contribution in [0.2, 0.25) is 0 Å². The van der Waals surface area contributed by atoms with E-state index in [4.69, 9.17) is 5.26 Å². The van der Waals surface area contributed by atoms with E-state index in [2.05, 4.69) is 32.0 Å². The molecule has 130 valence electrons. The Hall–Kier alpha value is -3.44. The molecule has 1 aliphatic rings. The number of nitrogens with one attached hydrogen (secondary N) is 3. The Morgan fingerprint density at radius 1 is 1.31 bits per heavy atom. The first-order valence-corrected chi connectivity index (χ1v) is 8.35. The summed E-state index contributed by atoms with van der Waals surface area (Å²) in [5, 5.41) is 18.3. The summed E-state index contributed by atoms with van der Waals surface area (Å²) in [4.78, 5) is 21.1. The number of carbonyl (C=O) groups excluding carboxylic acids is 1. The van der Waals surface area contributed by atoms with Gasteiger partial charge in [0.25, 0.3) is 5.91 Å². The predicted octanol–water partition coefficient (Wildman–Crippen LogP) is 1.44. The van der Waals surface area contributed by atoms with Gasteiger partial charge >= 0.3 is 0 Å². The standard InChI is InChI=1S/C18H17N7O/c19-8-12-1-2-17-24-16(11-25(17)10-12)23-15-7-13(3-6-21-15)18(26)22-14-4-5-20-9-14/h1-3,6-7,10-11,14,20H,4-5,9H2,(H,21,23)(H,22,26)/t14-/m0/s1. The maximum atomic E-state index is 12.4. The monoisotopic (exact) mass is 347 g/mol. The van der Waals surface area contributed by atoms with E-state index in [1.54, 1.807) is 47.3 Å². The van der Waals surface area contributed by atoms with Crippen molar-refractivity contribution in [1.29, 1.82) is 5.26 Å². The molecule has 1 amide bonds. The molecule has 3 N–H and O–H groups in total. The van der Waals surface area contributed by atoms with Gasteiger partial charge < -0.3 is 20.4 Å². The van der Waals surface area contributed by atoms with E-state index >= 15 is 0 Å². The molecule has 1 fully saturated rings. The summed E-state index contributed by atoms with van der Waals surface area (Å²) >= 11 is 0. The molecule has 1 saturated heterocycles. The molecule has 0 radical (unpaired) electrons. The maximum Gasteiger partial charge on any atom is 0.251 e. The first-order valence-electron chi connectivity index (χ1n) is 8.35. The minimum atomic E-state index is -0.113. The van der Waals surface area contributed by atoms with Crippen molar-refractivity contribution < 1.29 is 4.79 Å². The van der Waals surface area contributed by atoms with Gasteiger partial charge in [-0.25, -0.2) is 9.97 Å². The van der Waals surface area contributed by atoms with Gasteiger partial charge in [-0.1, -0.05) is 0 Å². The molecule has 8 nitrogen and oxygen atoms in total. The van der Waals surface area contributed by atoms with Crippen molar-refractivity contribution in [2.24, 2.45) is 0 Å². The molecule has 1 aliphatic heterocycles. The number of pyridine rings is 2. The van der Waals surface area contributed by atoms with E-state index in [0.29, 0.717) is 28.4 Å². The normalized spacial score (nSPS) is 16.3. The smallest absolute Gasteiger partial charge is 0.251 e. The van der Waals surface area contributed by atoms with Crippen molar-refractivity contribution in [3.05, 3.63) is 54.0 Å². The Morgan fingerprint density at radius 3 is 3.04 bits per heavy atom. The Bertz CT molecular complexity index is 998. The number of hydrogen-bond donors (Lipinski definition) is 3. The molecule has 4 rings (SSSR count). The number of nitrogens with zero attached hydrogens (tertiary/aromatic N) is 4. The Kier molecular flexibility index (Phi) is 4.21. The highest BCUT2D eigenvalue weighted by Crippen LogP contribution is 2.16. The van der Waals surface area contributed by atoms with Crippen LogP contribution in [0.25, 0.3) is 5.65 Å². The first kappa shape index (κ1) is 16.1. The van der Waals surface area contributed by atoms with Crippen molar-refractivity contribution in [3.8, 4) is 6.07 Å². The molecule has 0 spiro atoms. The number of nitriles is 1. The zero-order valence-corrected chi connectivity index (χ0v) is 13.9. The number of amides is 1. The van der Waals surface area contributed by atoms with Crippen LogP contribution < -0.4 is 16.0 Å². The van der Waals surface area contributed by atoms with Crippen LogP contribution >= 0.6 is 0 Å². The number of imidazole rings is 1. The van der Waals surface area contributed by atoms with Gasteiger partial charge in [0.2, 0.25) is 0 Å². The second-order valence-corrected chi connectivity index (χ2v) is 6.14. The van der Waals surface area contributed by atoms with E-state index in [1.807, 2.05) is 0 Å². The third-order valence-corrected chi connectivity index (χ3v) is 4.25. The minimum absolute atomic E-state index is 0.113. The molecule has 8 heteroatoms. The van der Waals surface area contributed by atoms with Gasteiger partial charge in [-0.15, -0.1) is 0 Å². The number of hydrogen-bond acceptors (Lipinski definition) is 6. The van der Waals surface area contributed by atoms with Crippen LogP contribution in [0.1, 0.15) is 22.3 Å². The highest BCUT2D eigenvalue weighted by Gasteiger charge is 2.17. The molecule has 0 saturated carbocycles. The van der Waals surface area contributed by atoms with Crippen molar-refractivity contribution in [2.75, 3.05) is 18.4 Å². The van der Waals surface area contributed by atoms with E-state index in [0.717, 1.165) is 19.5 Å². The van der Waals surface area contributed by atoms with Gasteiger partial charge in [0.1, 0.15) is 17.5 Å². The van der Waals surface area contributed by atoms with Gasteiger partial charge in [0, 0.05) is 30.5 Å². The zero-order valence-electron chi connectivity index (χ0n) is 13.9. The fourth-order valence-corrected chi connectivity index (χ4v) is 2.94. The zero-order chi connectivity index (χ0) is 17.9. The number of anilines is 2. The summed E-state index contributed by atoms with van der Waals surface area (Å²) in [7, 11) is 0. The second kappa shape index (κ2) is 6.82. The highest BCUT2D eigenvalue weighted by atomic mass is 16.1. The average Bonchev–Trinajstić information content (AvgIpc) is 3.30. The maximum absolute atomic E-state index is 12.4. The largest absolute Gasteiger partial charge is 0.348 e. The molecule has 3 aromatic heterocycles. The summed E-state index contributed by atoms with van der Waals surface area (Å²) in [6.45, 7) is 1.73. The molecule has 4 heterocycles. The predicted molar refractivity (Wildman–Crippen MR) is 96.2 cm³/mol. The lowest BCUT2D eigenvalue weighted by Gasteiger charge is -2.11. The van der Waals surface area contributed by atoms with Crippen LogP contribution in [-0.4, -0.2) is 39.4 Å². The third-order valence-electron chi connectivity index (χ3n) is 4.25. The summed E-state index contributed by atoms with van der Waals surface area (Å²) in [5.41, 5.74) is 1.82. The van der Waals surface area contributed by atoms with E-state index in [9.17, 15) is 4.79 Å². The van der Waals surface area contributed by atoms with Gasteiger partial charge in [-0.2, -0.15) is 5.26 Å². The topological polar surface area (TPSA) is 107 Å². The van der Waals surface area contributed by atoms with Crippen LogP contribution in [0.4, 0.5) is 11.6 Å². The molecule has 26 heavy (non-hydrogen) atoms. The third kappa shape index (κ3) is 3.34. The summed E-state index contributed by atoms with van der Waals surface area (Å²) in [6, 6.07) is 9.14. The minimum Gasteiger partial charge on any atom is -0.348 e. The van der Waals surface area contributed by atoms with Crippen LogP contribution in [-0.2, 0) is 0 Å². The molecule has 3 aromatic rings. The molecule has 0 aliphatic carbocycles. The van der Waals surface area contributed by atoms with Crippen molar-refractivity contribution >= 4 is 23.2 Å². The van der Waals surface area contributed by atoms with E-state index in [1.165, 1.54) is 0 Å². The van der Waals surface area contributed by atoms with Crippen LogP contribution in [0, 0.1) is 11.3 Å². The Morgan fingerprint density at radius 2 is 2.23 bits per heavy atom. The second-order valence-electron chi connectivity index (χ2n) is 6.14. The summed E-state index contributed by atoms with van der Waals surface area (Å²) < 4.78 is 1.77. The number of fused-ring (bicyclic) bond motifs is 1. The number of rotatable bonds is 4. The molecule has 0 unspecified atom stereocenters. The van der Waals surface area contributed by atoms with Crippen molar-refractivity contribution in [1.82, 2.24) is 25.0 Å². The molecule has 0 bridgehead atoms. The molecular weight excluding hydrogens is 330 g/mol. The SMILES string of the molecule is N#Cc1ccc2nc(Nc3cc(C(=O)N[C@H]4CCNC4)ccn3)cn2c1. The molecular formula is C18H17N7O. The lowest BCUT2D eigenvalue weighted by atomic mass is 10.2. The Labute approximate surface area is 149 Å². The Balaban J connectivity index is 1.51. The lowest BCUT2D eigenvalue weighted by molar-refractivity contribution is 0.0940. The van der Waals surface area contributed by atoms with Gasteiger partial charge in [0.15, 0.2) is 5.82 Å².